The molecule has 2 aromatic rings. The van der Waals surface area contributed by atoms with Gasteiger partial charge >= 0.3 is 6.36 Å². The van der Waals surface area contributed by atoms with E-state index >= 15 is 0 Å². The molecule has 0 unspecified atom stereocenters. The molecule has 2 rings (SSSR count). The fourth-order valence-corrected chi connectivity index (χ4v) is 3.70. The Balaban J connectivity index is 1.84. The van der Waals surface area contributed by atoms with Crippen molar-refractivity contribution in [2.24, 2.45) is 5.41 Å². The predicted molar refractivity (Wildman–Crippen MR) is 114 cm³/mol. The van der Waals surface area contributed by atoms with Gasteiger partial charge in [0.2, 0.25) is 0 Å². The van der Waals surface area contributed by atoms with Gasteiger partial charge in [-0.15, -0.1) is 13.2 Å². The van der Waals surface area contributed by atoms with Gasteiger partial charge in [0.05, 0.1) is 6.54 Å². The van der Waals surface area contributed by atoms with Crippen molar-refractivity contribution in [3.05, 3.63) is 59.7 Å². The fraction of sp³-hybridized carbons (Fsp3) is 0.458. The molecule has 0 atom stereocenters. The summed E-state index contributed by atoms with van der Waals surface area (Å²) >= 11 is 0. The Labute approximate surface area is 181 Å². The predicted octanol–water partition coefficient (Wildman–Crippen LogP) is 6.11. The number of alkyl halides is 3. The van der Waals surface area contributed by atoms with Gasteiger partial charge in [-0.3, -0.25) is 4.79 Å². The molecule has 7 heteroatoms. The minimum absolute atomic E-state index is 0.0368. The number of hydrogen-bond donors (Lipinski definition) is 1. The van der Waals surface area contributed by atoms with Crippen LogP contribution in [0.25, 0.3) is 0 Å². The van der Waals surface area contributed by atoms with Crippen LogP contribution in [0.3, 0.4) is 0 Å². The first-order chi connectivity index (χ1) is 14.3. The van der Waals surface area contributed by atoms with Crippen LogP contribution in [0.15, 0.2) is 48.5 Å². The topological polar surface area (TPSA) is 47.6 Å². The van der Waals surface area contributed by atoms with Crippen LogP contribution in [0.4, 0.5) is 13.2 Å². The minimum Gasteiger partial charge on any atom is -0.492 e. The van der Waals surface area contributed by atoms with Gasteiger partial charge in [0.25, 0.3) is 5.91 Å². The first-order valence-corrected chi connectivity index (χ1v) is 10.1. The number of carbonyl (C=O) groups excluding carboxylic acids is 1. The summed E-state index contributed by atoms with van der Waals surface area (Å²) in [6, 6.07) is 12.8. The second-order valence-corrected chi connectivity index (χ2v) is 9.33. The summed E-state index contributed by atoms with van der Waals surface area (Å²) in [6.45, 7) is 11.5. The molecule has 1 N–H and O–H groups in total. The summed E-state index contributed by atoms with van der Waals surface area (Å²) in [5.41, 5.74) is 1.56. The van der Waals surface area contributed by atoms with Crippen molar-refractivity contribution in [3.8, 4) is 11.5 Å². The maximum Gasteiger partial charge on any atom is 0.573 e. The normalized spacial score (nSPS) is 12.4. The molecule has 0 aliphatic rings. The summed E-state index contributed by atoms with van der Waals surface area (Å²) in [5.74, 6) is -0.258. The van der Waals surface area contributed by atoms with E-state index in [1.165, 1.54) is 17.7 Å². The molecule has 0 heterocycles. The van der Waals surface area contributed by atoms with Crippen molar-refractivity contribution >= 4 is 5.91 Å². The monoisotopic (exact) mass is 437 g/mol. The Morgan fingerprint density at radius 2 is 1.58 bits per heavy atom. The highest BCUT2D eigenvalue weighted by atomic mass is 19.4. The summed E-state index contributed by atoms with van der Waals surface area (Å²) in [4.78, 5) is 12.1. The lowest BCUT2D eigenvalue weighted by molar-refractivity contribution is -0.274. The Morgan fingerprint density at radius 3 is 2.16 bits per heavy atom. The van der Waals surface area contributed by atoms with E-state index < -0.39 is 18.0 Å². The zero-order chi connectivity index (χ0) is 23.3. The summed E-state index contributed by atoms with van der Waals surface area (Å²) in [5, 5.41) is 2.62. The number of ether oxygens (including phenoxy) is 2. The maximum atomic E-state index is 12.3. The Kier molecular flexibility index (Phi) is 7.63. The van der Waals surface area contributed by atoms with E-state index in [1.54, 1.807) is 0 Å². The third-order valence-electron chi connectivity index (χ3n) is 4.59. The summed E-state index contributed by atoms with van der Waals surface area (Å²) in [6.07, 6.45) is -3.76. The van der Waals surface area contributed by atoms with Gasteiger partial charge < -0.3 is 14.8 Å². The van der Waals surface area contributed by atoms with Crippen molar-refractivity contribution in [2.75, 3.05) is 13.2 Å². The van der Waals surface area contributed by atoms with Crippen LogP contribution in [-0.2, 0) is 5.41 Å². The Bertz CT molecular complexity index is 869. The second kappa shape index (κ2) is 9.62. The second-order valence-electron chi connectivity index (χ2n) is 9.33. The third-order valence-corrected chi connectivity index (χ3v) is 4.59. The number of nitrogens with one attached hydrogen (secondary N) is 1. The molecule has 0 aliphatic carbocycles. The van der Waals surface area contributed by atoms with E-state index in [4.69, 9.17) is 4.74 Å². The zero-order valence-corrected chi connectivity index (χ0v) is 18.6. The molecule has 0 fully saturated rings. The molecule has 170 valence electrons. The minimum atomic E-state index is -4.81. The highest BCUT2D eigenvalue weighted by molar-refractivity contribution is 5.94. The van der Waals surface area contributed by atoms with Gasteiger partial charge in [-0.05, 0) is 53.1 Å². The molecule has 0 bridgehead atoms. The van der Waals surface area contributed by atoms with Gasteiger partial charge in [0, 0.05) is 5.56 Å². The van der Waals surface area contributed by atoms with Crippen LogP contribution in [-0.4, -0.2) is 25.4 Å². The molecule has 4 nitrogen and oxygen atoms in total. The van der Waals surface area contributed by atoms with E-state index in [2.05, 4.69) is 44.7 Å². The SMILES string of the molecule is CC(C)(C)CC(C)(C)c1ccc(OCCNC(=O)c2cccc(OC(F)(F)F)c2)cc1. The number of hydrogen-bond acceptors (Lipinski definition) is 3. The van der Waals surface area contributed by atoms with Gasteiger partial charge in [0.15, 0.2) is 0 Å². The maximum absolute atomic E-state index is 12.3. The first-order valence-electron chi connectivity index (χ1n) is 10.1. The van der Waals surface area contributed by atoms with Crippen LogP contribution in [0.5, 0.6) is 11.5 Å². The number of rotatable bonds is 8. The van der Waals surface area contributed by atoms with Gasteiger partial charge in [-0.1, -0.05) is 52.8 Å². The summed E-state index contributed by atoms with van der Waals surface area (Å²) in [7, 11) is 0. The van der Waals surface area contributed by atoms with Crippen LogP contribution in [0.2, 0.25) is 0 Å². The van der Waals surface area contributed by atoms with Crippen LogP contribution < -0.4 is 14.8 Å². The molecular formula is C24H30F3NO3. The highest BCUT2D eigenvalue weighted by Gasteiger charge is 2.31. The van der Waals surface area contributed by atoms with Crippen LogP contribution in [0.1, 0.15) is 57.0 Å². The average molecular weight is 438 g/mol. The van der Waals surface area contributed by atoms with E-state index in [9.17, 15) is 18.0 Å². The lowest BCUT2D eigenvalue weighted by Crippen LogP contribution is -2.28. The van der Waals surface area contributed by atoms with Crippen LogP contribution >= 0.6 is 0 Å². The largest absolute Gasteiger partial charge is 0.573 e. The smallest absolute Gasteiger partial charge is 0.492 e. The van der Waals surface area contributed by atoms with E-state index in [0.717, 1.165) is 18.6 Å². The number of carbonyl (C=O) groups is 1. The molecule has 1 amide bonds. The third kappa shape index (κ3) is 8.52. The quantitative estimate of drug-likeness (QED) is 0.507. The molecule has 0 radical (unpaired) electrons. The van der Waals surface area contributed by atoms with Gasteiger partial charge in [-0.25, -0.2) is 0 Å². The molecule has 0 spiro atoms. The lowest BCUT2D eigenvalue weighted by atomic mass is 9.72. The molecule has 0 saturated carbocycles. The van der Waals surface area contributed by atoms with E-state index in [-0.39, 0.29) is 29.5 Å². The zero-order valence-electron chi connectivity index (χ0n) is 18.6. The fourth-order valence-electron chi connectivity index (χ4n) is 3.70. The van der Waals surface area contributed by atoms with Gasteiger partial charge in [-0.2, -0.15) is 0 Å². The van der Waals surface area contributed by atoms with E-state index in [0.29, 0.717) is 5.75 Å². The van der Waals surface area contributed by atoms with Crippen molar-refractivity contribution in [1.29, 1.82) is 0 Å². The Hall–Kier alpha value is -2.70. The van der Waals surface area contributed by atoms with Crippen molar-refractivity contribution in [3.63, 3.8) is 0 Å². The van der Waals surface area contributed by atoms with Crippen LogP contribution in [0, 0.1) is 5.41 Å². The highest BCUT2D eigenvalue weighted by Crippen LogP contribution is 2.36. The molecule has 0 aliphatic heterocycles. The van der Waals surface area contributed by atoms with Crippen molar-refractivity contribution in [2.45, 2.75) is 52.8 Å². The standard InChI is InChI=1S/C24H30F3NO3/c1-22(2,3)16-23(4,5)18-9-11-19(12-10-18)30-14-13-28-21(29)17-7-6-8-20(15-17)31-24(25,26)27/h6-12,15H,13-14,16H2,1-5H3,(H,28,29). The van der Waals surface area contributed by atoms with Crippen molar-refractivity contribution < 1.29 is 27.4 Å². The number of benzene rings is 2. The molecule has 0 saturated heterocycles. The average Bonchev–Trinajstić information content (AvgIpc) is 2.62. The summed E-state index contributed by atoms with van der Waals surface area (Å²) < 4.78 is 46.4. The molecule has 2 aromatic carbocycles. The molecule has 31 heavy (non-hydrogen) atoms. The molecule has 0 aromatic heterocycles. The molecular weight excluding hydrogens is 407 g/mol. The number of halogens is 3. The lowest BCUT2D eigenvalue weighted by Gasteiger charge is -2.33. The Morgan fingerprint density at radius 1 is 0.935 bits per heavy atom. The first kappa shape index (κ1) is 24.6. The van der Waals surface area contributed by atoms with Crippen molar-refractivity contribution in [1.82, 2.24) is 5.32 Å². The van der Waals surface area contributed by atoms with E-state index in [1.807, 2.05) is 24.3 Å². The van der Waals surface area contributed by atoms with Gasteiger partial charge in [0.1, 0.15) is 18.1 Å². The number of amides is 1.